The third kappa shape index (κ3) is 28.6. The van der Waals surface area contributed by atoms with Crippen LogP contribution in [0.15, 0.2) is 49.1 Å². The Labute approximate surface area is 150 Å². The lowest BCUT2D eigenvalue weighted by Crippen LogP contribution is -1.86. The minimum absolute atomic E-state index is 0.222. The molecule has 0 heterocycles. The molecular weight excluding hydrogens is 296 g/mol. The minimum atomic E-state index is -0.745. The Morgan fingerprint density at radius 2 is 1.21 bits per heavy atom. The van der Waals surface area contributed by atoms with Crippen LogP contribution in [0.4, 0.5) is 0 Å². The first-order valence-corrected chi connectivity index (χ1v) is 9.46. The average molecular weight is 335 g/mol. The Hall–Kier alpha value is -1.57. The summed E-state index contributed by atoms with van der Waals surface area (Å²) in [6, 6.07) is 0. The third-order valence-corrected chi connectivity index (χ3v) is 3.35. The second kappa shape index (κ2) is 23.7. The maximum absolute atomic E-state index is 9.37. The molecule has 0 rings (SSSR count). The molecule has 138 valence electrons. The van der Waals surface area contributed by atoms with Gasteiger partial charge >= 0.3 is 5.97 Å². The molecule has 0 saturated heterocycles. The minimum Gasteiger partial charge on any atom is -0.481 e. The summed E-state index contributed by atoms with van der Waals surface area (Å²) < 4.78 is 0. The number of allylic oxidation sites excluding steroid dienone is 7. The highest BCUT2D eigenvalue weighted by molar-refractivity contribution is 5.66. The zero-order chi connectivity index (χ0) is 18.3. The molecule has 0 aliphatic rings. The fraction of sp³-hybridized carbons (Fsp3) is 0.591. The second-order valence-electron chi connectivity index (χ2n) is 5.70. The first-order valence-electron chi connectivity index (χ1n) is 9.46. The van der Waals surface area contributed by atoms with Gasteiger partial charge in [0, 0.05) is 6.42 Å². The van der Waals surface area contributed by atoms with Crippen LogP contribution in [0.3, 0.4) is 0 Å². The third-order valence-electron chi connectivity index (χ3n) is 3.35. The number of hydrogen-bond donors (Lipinski definition) is 1. The van der Waals surface area contributed by atoms with Gasteiger partial charge in [-0.1, -0.05) is 69.2 Å². The van der Waals surface area contributed by atoms with Crippen molar-refractivity contribution in [1.82, 2.24) is 0 Å². The van der Waals surface area contributed by atoms with Crippen LogP contribution in [0.25, 0.3) is 0 Å². The van der Waals surface area contributed by atoms with Crippen molar-refractivity contribution in [2.45, 2.75) is 84.5 Å². The average Bonchev–Trinajstić information content (AvgIpc) is 2.59. The molecular formula is C22H38O2. The van der Waals surface area contributed by atoms with E-state index in [0.717, 1.165) is 19.3 Å². The van der Waals surface area contributed by atoms with Gasteiger partial charge in [-0.15, -0.1) is 6.58 Å². The van der Waals surface area contributed by atoms with E-state index in [1.165, 1.54) is 44.9 Å². The molecule has 0 amide bonds. The zero-order valence-electron chi connectivity index (χ0n) is 15.9. The fourth-order valence-corrected chi connectivity index (χ4v) is 1.84. The summed E-state index contributed by atoms with van der Waals surface area (Å²) in [5.41, 5.74) is 0. The highest BCUT2D eigenvalue weighted by Crippen LogP contribution is 2.02. The summed E-state index contributed by atoms with van der Waals surface area (Å²) >= 11 is 0. The van der Waals surface area contributed by atoms with Gasteiger partial charge in [-0.05, 0) is 51.4 Å². The van der Waals surface area contributed by atoms with Crippen molar-refractivity contribution in [3.8, 4) is 0 Å². The number of carbonyl (C=O) groups is 1. The van der Waals surface area contributed by atoms with Crippen LogP contribution >= 0.6 is 0 Å². The molecule has 0 aromatic heterocycles. The van der Waals surface area contributed by atoms with E-state index < -0.39 is 5.97 Å². The predicted octanol–water partition coefficient (Wildman–Crippen LogP) is 7.24. The number of carboxylic acids is 1. The van der Waals surface area contributed by atoms with Crippen molar-refractivity contribution in [1.29, 1.82) is 0 Å². The summed E-state index contributed by atoms with van der Waals surface area (Å²) in [7, 11) is 0. The van der Waals surface area contributed by atoms with Crippen LogP contribution in [0.1, 0.15) is 84.5 Å². The van der Waals surface area contributed by atoms with Crippen molar-refractivity contribution in [2.75, 3.05) is 0 Å². The van der Waals surface area contributed by atoms with Crippen LogP contribution in [0.2, 0.25) is 0 Å². The van der Waals surface area contributed by atoms with Gasteiger partial charge in [0.25, 0.3) is 0 Å². The fourth-order valence-electron chi connectivity index (χ4n) is 1.84. The summed E-state index contributed by atoms with van der Waals surface area (Å²) in [4.78, 5) is 9.37. The molecule has 0 bridgehead atoms. The van der Waals surface area contributed by atoms with Crippen LogP contribution in [-0.2, 0) is 4.79 Å². The molecule has 0 aromatic rings. The predicted molar refractivity (Wildman–Crippen MR) is 107 cm³/mol. The topological polar surface area (TPSA) is 37.3 Å². The lowest BCUT2D eigenvalue weighted by Gasteiger charge is -1.91. The maximum Gasteiger partial charge on any atom is 0.303 e. The Morgan fingerprint density at radius 3 is 1.62 bits per heavy atom. The number of hydrogen-bond acceptors (Lipinski definition) is 1. The van der Waals surface area contributed by atoms with Gasteiger partial charge in [0.05, 0.1) is 0 Å². The molecule has 0 fully saturated rings. The van der Waals surface area contributed by atoms with E-state index in [9.17, 15) is 4.79 Å². The van der Waals surface area contributed by atoms with Crippen molar-refractivity contribution in [2.24, 2.45) is 0 Å². The summed E-state index contributed by atoms with van der Waals surface area (Å²) in [5, 5.41) is 7.72. The first-order chi connectivity index (χ1) is 11.7. The van der Waals surface area contributed by atoms with Crippen LogP contribution in [0, 0.1) is 0 Å². The molecule has 0 saturated carbocycles. The highest BCUT2D eigenvalue weighted by Gasteiger charge is 1.82. The SMILES string of the molecule is C=CCCCC/C=C/C/C=C/C/C=C/CCCCC.CCC(=O)O. The van der Waals surface area contributed by atoms with E-state index in [-0.39, 0.29) is 6.42 Å². The second-order valence-corrected chi connectivity index (χ2v) is 5.70. The van der Waals surface area contributed by atoms with E-state index in [1.54, 1.807) is 6.92 Å². The van der Waals surface area contributed by atoms with E-state index >= 15 is 0 Å². The molecule has 0 radical (unpaired) electrons. The van der Waals surface area contributed by atoms with E-state index in [1.807, 2.05) is 6.08 Å². The summed E-state index contributed by atoms with van der Waals surface area (Å²) in [6.45, 7) is 7.58. The molecule has 2 heteroatoms. The van der Waals surface area contributed by atoms with Crippen LogP contribution in [-0.4, -0.2) is 11.1 Å². The van der Waals surface area contributed by atoms with Crippen molar-refractivity contribution < 1.29 is 9.90 Å². The quantitative estimate of drug-likeness (QED) is 0.268. The van der Waals surface area contributed by atoms with E-state index in [0.29, 0.717) is 0 Å². The molecule has 24 heavy (non-hydrogen) atoms. The number of carboxylic acid groups (broad SMARTS) is 1. The van der Waals surface area contributed by atoms with Gasteiger partial charge in [-0.25, -0.2) is 0 Å². The monoisotopic (exact) mass is 334 g/mol. The van der Waals surface area contributed by atoms with Crippen molar-refractivity contribution >= 4 is 5.97 Å². The lowest BCUT2D eigenvalue weighted by atomic mass is 10.2. The Morgan fingerprint density at radius 1 is 0.792 bits per heavy atom. The van der Waals surface area contributed by atoms with Crippen molar-refractivity contribution in [3.63, 3.8) is 0 Å². The molecule has 1 N–H and O–H groups in total. The van der Waals surface area contributed by atoms with Gasteiger partial charge in [0.2, 0.25) is 0 Å². The van der Waals surface area contributed by atoms with Gasteiger partial charge in [0.15, 0.2) is 0 Å². The molecule has 0 aliphatic heterocycles. The van der Waals surface area contributed by atoms with Crippen molar-refractivity contribution in [3.05, 3.63) is 49.1 Å². The summed E-state index contributed by atoms with van der Waals surface area (Å²) in [6.07, 6.45) is 28.2. The maximum atomic E-state index is 9.37. The van der Waals surface area contributed by atoms with Gasteiger partial charge in [-0.3, -0.25) is 4.79 Å². The standard InChI is InChI=1S/C19H32.C3H6O2/c1-3-5-7-9-11-13-15-17-19-18-16-14-12-10-8-6-4-2;1-2-3(4)5/h3,12-15,18-19H,1,4-11,16-17H2,2H3;2H2,1H3,(H,4,5)/b14-12+,15-13+,19-18+;. The Balaban J connectivity index is 0. The van der Waals surface area contributed by atoms with E-state index in [2.05, 4.69) is 50.0 Å². The highest BCUT2D eigenvalue weighted by atomic mass is 16.4. The molecule has 0 spiro atoms. The van der Waals surface area contributed by atoms with Gasteiger partial charge in [0.1, 0.15) is 0 Å². The normalized spacial score (nSPS) is 11.1. The van der Waals surface area contributed by atoms with Gasteiger partial charge in [-0.2, -0.15) is 0 Å². The molecule has 2 nitrogen and oxygen atoms in total. The lowest BCUT2D eigenvalue weighted by molar-refractivity contribution is -0.136. The van der Waals surface area contributed by atoms with E-state index in [4.69, 9.17) is 5.11 Å². The molecule has 0 aromatic carbocycles. The number of rotatable bonds is 14. The smallest absolute Gasteiger partial charge is 0.303 e. The summed E-state index contributed by atoms with van der Waals surface area (Å²) in [5.74, 6) is -0.745. The molecule has 0 atom stereocenters. The first kappa shape index (κ1) is 24.7. The zero-order valence-corrected chi connectivity index (χ0v) is 15.9. The number of aliphatic carboxylic acids is 1. The van der Waals surface area contributed by atoms with Gasteiger partial charge < -0.3 is 5.11 Å². The number of unbranched alkanes of at least 4 members (excludes halogenated alkanes) is 6. The van der Waals surface area contributed by atoms with Crippen LogP contribution < -0.4 is 0 Å². The molecule has 0 aliphatic carbocycles. The molecule has 0 unspecified atom stereocenters. The van der Waals surface area contributed by atoms with Crippen LogP contribution in [0.5, 0.6) is 0 Å². The Kier molecular flexibility index (Phi) is 24.4. The largest absolute Gasteiger partial charge is 0.481 e. The Bertz CT molecular complexity index is 351.